The molecule has 0 saturated carbocycles. The molecule has 8 N–H and O–H groups in total. The number of amides is 1. The number of hydrogen-bond donors (Lipinski definition) is 7. The maximum Gasteiger partial charge on any atom is 0.255 e. The Kier molecular flexibility index (Phi) is 4.20. The zero-order valence-electron chi connectivity index (χ0n) is 18.1. The number of primary amides is 1. The fourth-order valence-electron chi connectivity index (χ4n) is 6.02. The third-order valence-corrected chi connectivity index (χ3v) is 7.37. The van der Waals surface area contributed by atoms with Crippen LogP contribution in [0.25, 0.3) is 11.3 Å². The number of H-pyrrole nitrogens is 1. The molecule has 6 atom stereocenters. The van der Waals surface area contributed by atoms with Gasteiger partial charge in [0, 0.05) is 11.5 Å². The van der Waals surface area contributed by atoms with Crippen molar-refractivity contribution >= 4 is 11.7 Å². The number of Topliss-reactive ketones (excluding diaryl/α,β-unsaturated/α-hetero) is 1. The van der Waals surface area contributed by atoms with Crippen LogP contribution in [0, 0.1) is 5.92 Å². The van der Waals surface area contributed by atoms with E-state index in [2.05, 4.69) is 10.2 Å². The first-order valence-electron chi connectivity index (χ1n) is 10.3. The summed E-state index contributed by atoms with van der Waals surface area (Å²) in [5, 5.41) is 63.6. The van der Waals surface area contributed by atoms with Crippen LogP contribution in [0.1, 0.15) is 29.7 Å². The van der Waals surface area contributed by atoms with E-state index in [1.807, 2.05) is 0 Å². The second-order valence-corrected chi connectivity index (χ2v) is 9.33. The number of benzene rings is 1. The van der Waals surface area contributed by atoms with E-state index in [-0.39, 0.29) is 28.3 Å². The SMILES string of the molecule is CN(C)[C@H]1C(=O)C(C(N)=O)=C(O)[C@]2(O)c3[nH]nc4c3[C@@H]([C@@H](O)[C@H]12)C(C)(O)c1cccc(O)c1-4. The standard InChI is InChI=1S/C22H24N4O7/c1-21(32)7-5-4-6-8(27)9(7)14-10-12(21)17(29)13-15(26(2)3)16(28)11(20(23)31)19(30)22(13,33)18(10)25-24-14/h4-6,12-13,15,17,27,29-30,32-33H,1-3H3,(H2,23,31)(H,24,25)/t12-,13-,15+,17+,21?,22+/m0/s1. The molecule has 1 aromatic carbocycles. The molecule has 174 valence electrons. The highest BCUT2D eigenvalue weighted by atomic mass is 16.3. The van der Waals surface area contributed by atoms with E-state index in [4.69, 9.17) is 5.73 Å². The van der Waals surface area contributed by atoms with Gasteiger partial charge < -0.3 is 31.3 Å². The zero-order chi connectivity index (χ0) is 24.2. The quantitative estimate of drug-likeness (QED) is 0.280. The Morgan fingerprint density at radius 1 is 1.24 bits per heavy atom. The molecule has 0 saturated heterocycles. The molecular formula is C22H24N4O7. The number of phenols is 1. The number of hydrogen-bond acceptors (Lipinski definition) is 9. The second-order valence-electron chi connectivity index (χ2n) is 9.33. The molecule has 1 unspecified atom stereocenters. The molecule has 1 heterocycles. The van der Waals surface area contributed by atoms with Crippen molar-refractivity contribution in [2.45, 2.75) is 36.2 Å². The van der Waals surface area contributed by atoms with Crippen molar-refractivity contribution in [2.24, 2.45) is 11.7 Å². The topological polar surface area (TPSA) is 193 Å². The third-order valence-electron chi connectivity index (χ3n) is 7.37. The zero-order valence-corrected chi connectivity index (χ0v) is 18.1. The van der Waals surface area contributed by atoms with Crippen molar-refractivity contribution < 1.29 is 35.1 Å². The number of fused-ring (bicyclic) bond motifs is 4. The Bertz CT molecular complexity index is 1260. The number of aromatic amines is 1. The number of nitrogens with two attached hydrogens (primary N) is 1. The van der Waals surface area contributed by atoms with Gasteiger partial charge in [-0.25, -0.2) is 0 Å². The number of carbonyl (C=O) groups is 2. The highest BCUT2D eigenvalue weighted by molar-refractivity contribution is 6.22. The molecule has 2 aromatic rings. The Balaban J connectivity index is 1.91. The smallest absolute Gasteiger partial charge is 0.255 e. The number of phenolic OH excluding ortho intramolecular Hbond substituents is 1. The molecule has 0 radical (unpaired) electrons. The fourth-order valence-corrected chi connectivity index (χ4v) is 6.02. The number of carbonyl (C=O) groups excluding carboxylic acids is 2. The summed E-state index contributed by atoms with van der Waals surface area (Å²) in [6, 6.07) is 3.30. The van der Waals surface area contributed by atoms with Gasteiger partial charge in [-0.2, -0.15) is 5.10 Å². The number of ketones is 1. The van der Waals surface area contributed by atoms with Gasteiger partial charge in [0.1, 0.15) is 22.8 Å². The molecule has 3 aliphatic rings. The number of aliphatic hydroxyl groups is 4. The summed E-state index contributed by atoms with van der Waals surface area (Å²) in [4.78, 5) is 26.7. The van der Waals surface area contributed by atoms with Gasteiger partial charge >= 0.3 is 0 Å². The van der Waals surface area contributed by atoms with Gasteiger partial charge in [-0.15, -0.1) is 0 Å². The molecule has 1 amide bonds. The molecular weight excluding hydrogens is 432 g/mol. The van der Waals surface area contributed by atoms with Gasteiger partial charge in [-0.1, -0.05) is 12.1 Å². The minimum Gasteiger partial charge on any atom is -0.508 e. The molecule has 33 heavy (non-hydrogen) atoms. The third kappa shape index (κ3) is 2.34. The number of rotatable bonds is 2. The van der Waals surface area contributed by atoms with Crippen molar-refractivity contribution in [3.8, 4) is 17.0 Å². The van der Waals surface area contributed by atoms with Crippen molar-refractivity contribution in [1.29, 1.82) is 0 Å². The summed E-state index contributed by atoms with van der Waals surface area (Å²) in [5.74, 6) is -5.72. The lowest BCUT2D eigenvalue weighted by molar-refractivity contribution is -0.165. The fraction of sp³-hybridized carbons (Fsp3) is 0.409. The van der Waals surface area contributed by atoms with Crippen LogP contribution in [0.5, 0.6) is 5.75 Å². The highest BCUT2D eigenvalue weighted by Gasteiger charge is 2.67. The number of aromatic hydroxyl groups is 1. The van der Waals surface area contributed by atoms with Crippen molar-refractivity contribution in [3.05, 3.63) is 46.4 Å². The largest absolute Gasteiger partial charge is 0.508 e. The van der Waals surface area contributed by atoms with Crippen LogP contribution < -0.4 is 5.73 Å². The summed E-state index contributed by atoms with van der Waals surface area (Å²) in [7, 11) is 3.05. The van der Waals surface area contributed by atoms with Gasteiger partial charge in [0.2, 0.25) is 0 Å². The Labute approximate surface area is 187 Å². The predicted octanol–water partition coefficient (Wildman–Crippen LogP) is -0.924. The second kappa shape index (κ2) is 6.41. The van der Waals surface area contributed by atoms with Gasteiger partial charge in [-0.3, -0.25) is 19.6 Å². The van der Waals surface area contributed by atoms with E-state index in [1.54, 1.807) is 12.1 Å². The van der Waals surface area contributed by atoms with Crippen molar-refractivity contribution in [2.75, 3.05) is 14.1 Å². The Hall–Kier alpha value is -3.25. The highest BCUT2D eigenvalue weighted by Crippen LogP contribution is 2.62. The molecule has 0 spiro atoms. The average molecular weight is 456 g/mol. The molecule has 0 bridgehead atoms. The maximum atomic E-state index is 13.2. The minimum absolute atomic E-state index is 0.0948. The normalized spacial score (nSPS) is 34.7. The van der Waals surface area contributed by atoms with Crippen LogP contribution in [-0.4, -0.2) is 78.6 Å². The van der Waals surface area contributed by atoms with Gasteiger partial charge in [0.05, 0.1) is 34.9 Å². The number of nitrogens with one attached hydrogen (secondary N) is 1. The van der Waals surface area contributed by atoms with E-state index in [1.165, 1.54) is 32.0 Å². The molecule has 5 rings (SSSR count). The van der Waals surface area contributed by atoms with Crippen LogP contribution in [0.15, 0.2) is 29.5 Å². The van der Waals surface area contributed by atoms with Crippen molar-refractivity contribution in [1.82, 2.24) is 15.1 Å². The van der Waals surface area contributed by atoms with Crippen LogP contribution in [0.4, 0.5) is 0 Å². The summed E-state index contributed by atoms with van der Waals surface area (Å²) < 4.78 is 0. The maximum absolute atomic E-state index is 13.2. The van der Waals surface area contributed by atoms with Crippen molar-refractivity contribution in [3.63, 3.8) is 0 Å². The summed E-state index contributed by atoms with van der Waals surface area (Å²) in [6.07, 6.45) is -1.57. The lowest BCUT2D eigenvalue weighted by Gasteiger charge is -2.54. The Morgan fingerprint density at radius 2 is 1.91 bits per heavy atom. The van der Waals surface area contributed by atoms with E-state index in [9.17, 15) is 35.1 Å². The average Bonchev–Trinajstić information content (AvgIpc) is 3.14. The first-order valence-corrected chi connectivity index (χ1v) is 10.3. The van der Waals surface area contributed by atoms with E-state index in [0.29, 0.717) is 5.56 Å². The van der Waals surface area contributed by atoms with Crippen LogP contribution in [0.3, 0.4) is 0 Å². The Morgan fingerprint density at radius 3 is 2.52 bits per heavy atom. The van der Waals surface area contributed by atoms with E-state index >= 15 is 0 Å². The van der Waals surface area contributed by atoms with Crippen LogP contribution >= 0.6 is 0 Å². The summed E-state index contributed by atoms with van der Waals surface area (Å²) in [5.41, 5.74) is 1.18. The van der Waals surface area contributed by atoms with Gasteiger partial charge in [0.25, 0.3) is 5.91 Å². The van der Waals surface area contributed by atoms with Gasteiger partial charge in [-0.05, 0) is 32.6 Å². The summed E-state index contributed by atoms with van der Waals surface area (Å²) >= 11 is 0. The molecule has 0 aliphatic heterocycles. The monoisotopic (exact) mass is 456 g/mol. The van der Waals surface area contributed by atoms with Gasteiger partial charge in [0.15, 0.2) is 11.4 Å². The lowest BCUT2D eigenvalue weighted by Crippen LogP contribution is -2.66. The molecule has 11 heteroatoms. The molecule has 0 fully saturated rings. The number of likely N-dealkylation sites (N-methyl/N-ethyl adjacent to an activating group) is 1. The lowest BCUT2D eigenvalue weighted by atomic mass is 9.54. The first-order chi connectivity index (χ1) is 15.4. The molecule has 11 nitrogen and oxygen atoms in total. The number of aliphatic hydroxyl groups excluding tert-OH is 2. The van der Waals surface area contributed by atoms with E-state index < -0.39 is 58.2 Å². The summed E-state index contributed by atoms with van der Waals surface area (Å²) in [6.45, 7) is 1.46. The van der Waals surface area contributed by atoms with Crippen LogP contribution in [0.2, 0.25) is 0 Å². The first kappa shape index (κ1) is 21.6. The number of aromatic nitrogens is 2. The number of nitrogens with zero attached hydrogens (tertiary/aromatic N) is 2. The minimum atomic E-state index is -2.44. The van der Waals surface area contributed by atoms with E-state index in [0.717, 1.165) is 0 Å². The molecule has 3 aliphatic carbocycles. The predicted molar refractivity (Wildman–Crippen MR) is 113 cm³/mol. The van der Waals surface area contributed by atoms with Crippen LogP contribution in [-0.2, 0) is 20.8 Å². The molecule has 1 aromatic heterocycles.